The molecule has 0 aliphatic heterocycles. The van der Waals surface area contributed by atoms with Crippen LogP contribution in [0.5, 0.6) is 5.75 Å². The first-order chi connectivity index (χ1) is 8.29. The maximum absolute atomic E-state index is 6.11. The van der Waals surface area contributed by atoms with Gasteiger partial charge in [0.1, 0.15) is 5.75 Å². The molecule has 0 atom stereocenters. The van der Waals surface area contributed by atoms with E-state index in [1.54, 1.807) is 19.5 Å². The summed E-state index contributed by atoms with van der Waals surface area (Å²) in [7, 11) is 1.64. The molecule has 1 N–H and O–H groups in total. The van der Waals surface area contributed by atoms with Crippen LogP contribution in [-0.2, 0) is 6.54 Å². The quantitative estimate of drug-likeness (QED) is 0.901. The lowest BCUT2D eigenvalue weighted by Crippen LogP contribution is -2.00. The fourth-order valence-electron chi connectivity index (χ4n) is 1.48. The smallest absolute Gasteiger partial charge is 0.119 e. The molecule has 2 aromatic rings. The van der Waals surface area contributed by atoms with Crippen LogP contribution in [-0.4, -0.2) is 12.1 Å². The molecule has 0 bridgehead atoms. The molecule has 0 aliphatic rings. The van der Waals surface area contributed by atoms with E-state index in [0.29, 0.717) is 6.54 Å². The number of pyridine rings is 1. The fourth-order valence-corrected chi connectivity index (χ4v) is 1.66. The van der Waals surface area contributed by atoms with E-state index in [2.05, 4.69) is 10.3 Å². The van der Waals surface area contributed by atoms with Crippen molar-refractivity contribution in [3.63, 3.8) is 0 Å². The molecule has 4 heteroatoms. The molecule has 0 spiro atoms. The summed E-state index contributed by atoms with van der Waals surface area (Å²) in [6, 6.07) is 9.44. The highest BCUT2D eigenvalue weighted by molar-refractivity contribution is 6.31. The summed E-state index contributed by atoms with van der Waals surface area (Å²) in [5, 5.41) is 3.97. The second-order valence-electron chi connectivity index (χ2n) is 3.55. The Balaban J connectivity index is 2.08. The zero-order valence-corrected chi connectivity index (χ0v) is 10.2. The minimum Gasteiger partial charge on any atom is -0.497 e. The summed E-state index contributed by atoms with van der Waals surface area (Å²) in [5.74, 6) is 0.803. The van der Waals surface area contributed by atoms with Gasteiger partial charge in [-0.1, -0.05) is 11.6 Å². The van der Waals surface area contributed by atoms with Gasteiger partial charge in [-0.15, -0.1) is 0 Å². The zero-order chi connectivity index (χ0) is 12.1. The summed E-state index contributed by atoms with van der Waals surface area (Å²) in [4.78, 5) is 4.03. The van der Waals surface area contributed by atoms with Gasteiger partial charge in [-0.2, -0.15) is 0 Å². The summed E-state index contributed by atoms with van der Waals surface area (Å²) >= 11 is 6.11. The van der Waals surface area contributed by atoms with Gasteiger partial charge in [-0.05, 0) is 35.9 Å². The van der Waals surface area contributed by atoms with E-state index < -0.39 is 0 Å². The number of rotatable bonds is 4. The normalized spacial score (nSPS) is 10.0. The number of benzene rings is 1. The number of anilines is 1. The lowest BCUT2D eigenvalue weighted by molar-refractivity contribution is 0.414. The first-order valence-corrected chi connectivity index (χ1v) is 5.63. The van der Waals surface area contributed by atoms with Crippen LogP contribution in [0.2, 0.25) is 5.02 Å². The van der Waals surface area contributed by atoms with Crippen LogP contribution in [0, 0.1) is 0 Å². The van der Waals surface area contributed by atoms with E-state index in [1.165, 1.54) is 0 Å². The Kier molecular flexibility index (Phi) is 3.83. The lowest BCUT2D eigenvalue weighted by Gasteiger charge is -2.09. The number of nitrogens with one attached hydrogen (secondary N) is 1. The number of hydrogen-bond acceptors (Lipinski definition) is 3. The van der Waals surface area contributed by atoms with Crippen LogP contribution in [0.3, 0.4) is 0 Å². The van der Waals surface area contributed by atoms with Crippen LogP contribution in [0.15, 0.2) is 42.7 Å². The molecule has 88 valence electrons. The largest absolute Gasteiger partial charge is 0.497 e. The molecular weight excluding hydrogens is 236 g/mol. The van der Waals surface area contributed by atoms with Crippen LogP contribution in [0.25, 0.3) is 0 Å². The standard InChI is InChI=1S/C13H13ClN2O/c1-17-12-4-5-13(14)10(7-12)8-16-11-3-2-6-15-9-11/h2-7,9,16H,8H2,1H3. The Morgan fingerprint density at radius 2 is 2.24 bits per heavy atom. The summed E-state index contributed by atoms with van der Waals surface area (Å²) in [5.41, 5.74) is 1.96. The molecule has 0 saturated carbocycles. The van der Waals surface area contributed by atoms with Crippen LogP contribution < -0.4 is 10.1 Å². The monoisotopic (exact) mass is 248 g/mol. The van der Waals surface area contributed by atoms with E-state index in [9.17, 15) is 0 Å². The Labute approximate surface area is 105 Å². The van der Waals surface area contributed by atoms with E-state index in [0.717, 1.165) is 22.0 Å². The van der Waals surface area contributed by atoms with E-state index in [4.69, 9.17) is 16.3 Å². The number of nitrogens with zero attached hydrogens (tertiary/aromatic N) is 1. The third kappa shape index (κ3) is 3.11. The summed E-state index contributed by atoms with van der Waals surface area (Å²) in [6.45, 7) is 0.641. The molecule has 17 heavy (non-hydrogen) atoms. The van der Waals surface area contributed by atoms with Crippen molar-refractivity contribution >= 4 is 17.3 Å². The van der Waals surface area contributed by atoms with Gasteiger partial charge in [0.2, 0.25) is 0 Å². The second-order valence-corrected chi connectivity index (χ2v) is 3.96. The molecule has 0 unspecified atom stereocenters. The third-order valence-corrected chi connectivity index (χ3v) is 2.77. The summed E-state index contributed by atoms with van der Waals surface area (Å²) in [6.07, 6.45) is 3.51. The molecule has 0 fully saturated rings. The van der Waals surface area contributed by atoms with Crippen molar-refractivity contribution in [1.29, 1.82) is 0 Å². The van der Waals surface area contributed by atoms with Gasteiger partial charge in [-0.3, -0.25) is 4.98 Å². The van der Waals surface area contributed by atoms with E-state index >= 15 is 0 Å². The van der Waals surface area contributed by atoms with Crippen LogP contribution in [0.1, 0.15) is 5.56 Å². The van der Waals surface area contributed by atoms with Gasteiger partial charge in [0.25, 0.3) is 0 Å². The van der Waals surface area contributed by atoms with E-state index in [-0.39, 0.29) is 0 Å². The number of hydrogen-bond donors (Lipinski definition) is 1. The van der Waals surface area contributed by atoms with Gasteiger partial charge in [-0.25, -0.2) is 0 Å². The van der Waals surface area contributed by atoms with Gasteiger partial charge >= 0.3 is 0 Å². The maximum atomic E-state index is 6.11. The third-order valence-electron chi connectivity index (χ3n) is 2.40. The van der Waals surface area contributed by atoms with Crippen molar-refractivity contribution < 1.29 is 4.74 Å². The average molecular weight is 249 g/mol. The molecule has 1 heterocycles. The lowest BCUT2D eigenvalue weighted by atomic mass is 10.2. The molecule has 3 nitrogen and oxygen atoms in total. The zero-order valence-electron chi connectivity index (χ0n) is 9.48. The first kappa shape index (κ1) is 11.7. The minimum absolute atomic E-state index is 0.641. The predicted octanol–water partition coefficient (Wildman–Crippen LogP) is 3.36. The summed E-state index contributed by atoms with van der Waals surface area (Å²) < 4.78 is 5.16. The maximum Gasteiger partial charge on any atom is 0.119 e. The number of methoxy groups -OCH3 is 1. The fraction of sp³-hybridized carbons (Fsp3) is 0.154. The highest BCUT2D eigenvalue weighted by Gasteiger charge is 2.02. The number of halogens is 1. The van der Waals surface area contributed by atoms with Gasteiger partial charge < -0.3 is 10.1 Å². The average Bonchev–Trinajstić information content (AvgIpc) is 2.39. The van der Waals surface area contributed by atoms with Crippen molar-refractivity contribution in [2.75, 3.05) is 12.4 Å². The van der Waals surface area contributed by atoms with E-state index in [1.807, 2.05) is 30.3 Å². The van der Waals surface area contributed by atoms with Crippen molar-refractivity contribution in [3.8, 4) is 5.75 Å². The molecule has 0 saturated heterocycles. The van der Waals surface area contributed by atoms with Gasteiger partial charge in [0.05, 0.1) is 12.8 Å². The minimum atomic E-state index is 0.641. The molecular formula is C13H13ClN2O. The Morgan fingerprint density at radius 1 is 1.35 bits per heavy atom. The number of ether oxygens (including phenoxy) is 1. The van der Waals surface area contributed by atoms with Crippen molar-refractivity contribution in [1.82, 2.24) is 4.98 Å². The first-order valence-electron chi connectivity index (χ1n) is 5.26. The highest BCUT2D eigenvalue weighted by Crippen LogP contribution is 2.22. The molecule has 1 aromatic heterocycles. The van der Waals surface area contributed by atoms with Crippen molar-refractivity contribution in [3.05, 3.63) is 53.3 Å². The van der Waals surface area contributed by atoms with Crippen molar-refractivity contribution in [2.24, 2.45) is 0 Å². The Morgan fingerprint density at radius 3 is 2.94 bits per heavy atom. The molecule has 1 aromatic carbocycles. The molecule has 0 amide bonds. The van der Waals surface area contributed by atoms with Crippen LogP contribution >= 0.6 is 11.6 Å². The second kappa shape index (κ2) is 5.55. The van der Waals surface area contributed by atoms with Gasteiger partial charge in [0.15, 0.2) is 0 Å². The molecule has 2 rings (SSSR count). The van der Waals surface area contributed by atoms with Gasteiger partial charge in [0, 0.05) is 24.0 Å². The van der Waals surface area contributed by atoms with Crippen molar-refractivity contribution in [2.45, 2.75) is 6.54 Å². The molecule has 0 aliphatic carbocycles. The highest BCUT2D eigenvalue weighted by atomic mass is 35.5. The Hall–Kier alpha value is -1.74. The van der Waals surface area contributed by atoms with Crippen LogP contribution in [0.4, 0.5) is 5.69 Å². The number of aromatic nitrogens is 1. The SMILES string of the molecule is COc1ccc(Cl)c(CNc2cccnc2)c1. The topological polar surface area (TPSA) is 34.1 Å². The predicted molar refractivity (Wildman–Crippen MR) is 69.6 cm³/mol. The molecule has 0 radical (unpaired) electrons. The Bertz CT molecular complexity index is 488.